The molecule has 3 heteroatoms. The highest BCUT2D eigenvalue weighted by molar-refractivity contribution is 5.04. The van der Waals surface area contributed by atoms with E-state index < -0.39 is 12.1 Å². The summed E-state index contributed by atoms with van der Waals surface area (Å²) in [6, 6.07) is 0. The summed E-state index contributed by atoms with van der Waals surface area (Å²) < 4.78 is 36.6. The molecule has 0 aromatic rings. The lowest BCUT2D eigenvalue weighted by molar-refractivity contribution is -0.240. The topological polar surface area (TPSA) is 0 Å². The molecule has 2 saturated carbocycles. The zero-order valence-corrected chi connectivity index (χ0v) is 7.82. The van der Waals surface area contributed by atoms with E-state index in [4.69, 9.17) is 0 Å². The molecule has 2 fully saturated rings. The smallest absolute Gasteiger partial charge is 0.171 e. The van der Waals surface area contributed by atoms with Crippen LogP contribution in [0.1, 0.15) is 39.0 Å². The number of hydrogen-bond donors (Lipinski definition) is 0. The summed E-state index contributed by atoms with van der Waals surface area (Å²) in [5, 5.41) is 0. The van der Waals surface area contributed by atoms with E-state index >= 15 is 0 Å². The Morgan fingerprint density at radius 1 is 1.15 bits per heavy atom. The lowest BCUT2D eigenvalue weighted by Crippen LogP contribution is -2.51. The molecule has 0 saturated heterocycles. The predicted octanol–water partition coefficient (Wildman–Crippen LogP) is 3.77. The Balaban J connectivity index is 1.80. The molecule has 0 aliphatic heterocycles. The van der Waals surface area contributed by atoms with Gasteiger partial charge in [0.2, 0.25) is 0 Å². The van der Waals surface area contributed by atoms with Crippen LogP contribution in [0.25, 0.3) is 0 Å². The third kappa shape index (κ3) is 1.46. The van der Waals surface area contributed by atoms with Crippen molar-refractivity contribution in [2.24, 2.45) is 17.3 Å². The molecule has 2 aliphatic rings. The van der Waals surface area contributed by atoms with Gasteiger partial charge in [-0.3, -0.25) is 0 Å². The van der Waals surface area contributed by atoms with Gasteiger partial charge in [-0.15, -0.1) is 0 Å². The van der Waals surface area contributed by atoms with Crippen LogP contribution < -0.4 is 0 Å². The van der Waals surface area contributed by atoms with Crippen LogP contribution >= 0.6 is 0 Å². The predicted molar refractivity (Wildman–Crippen MR) is 44.2 cm³/mol. The van der Waals surface area contributed by atoms with E-state index in [1.54, 1.807) is 0 Å². The molecular formula is C10H15F3. The number of rotatable bonds is 1. The molecule has 13 heavy (non-hydrogen) atoms. The van der Waals surface area contributed by atoms with Gasteiger partial charge in [0.25, 0.3) is 0 Å². The van der Waals surface area contributed by atoms with Crippen LogP contribution in [0.4, 0.5) is 13.2 Å². The molecule has 2 aliphatic carbocycles. The molecule has 0 heterocycles. The first-order chi connectivity index (χ1) is 5.95. The molecule has 76 valence electrons. The summed E-state index contributed by atoms with van der Waals surface area (Å²) in [7, 11) is 0. The standard InChI is InChI=1S/C10H15F3/c1-2-7-3-9(4-7)5-8(6-9)10(11,12)13/h7-8H,2-6H2,1H3. The fraction of sp³-hybridized carbons (Fsp3) is 1.00. The highest BCUT2D eigenvalue weighted by Crippen LogP contribution is 2.64. The second kappa shape index (κ2) is 2.64. The molecule has 0 amide bonds. The van der Waals surface area contributed by atoms with Crippen molar-refractivity contribution in [1.82, 2.24) is 0 Å². The first-order valence-corrected chi connectivity index (χ1v) is 5.02. The molecule has 0 nitrogen and oxygen atoms in total. The molecule has 1 spiro atoms. The van der Waals surface area contributed by atoms with Gasteiger partial charge in [-0.2, -0.15) is 13.2 Å². The van der Waals surface area contributed by atoms with Crippen molar-refractivity contribution in [3.05, 3.63) is 0 Å². The van der Waals surface area contributed by atoms with Crippen LogP contribution in [0.2, 0.25) is 0 Å². The van der Waals surface area contributed by atoms with Gasteiger partial charge >= 0.3 is 6.18 Å². The fourth-order valence-corrected chi connectivity index (χ4v) is 3.00. The minimum Gasteiger partial charge on any atom is -0.171 e. The molecule has 0 aromatic heterocycles. The Morgan fingerprint density at radius 3 is 2.08 bits per heavy atom. The highest BCUT2D eigenvalue weighted by Gasteiger charge is 2.59. The third-order valence-corrected chi connectivity index (χ3v) is 3.84. The van der Waals surface area contributed by atoms with Crippen molar-refractivity contribution in [3.8, 4) is 0 Å². The van der Waals surface area contributed by atoms with Crippen LogP contribution in [-0.2, 0) is 0 Å². The number of hydrogen-bond acceptors (Lipinski definition) is 0. The summed E-state index contributed by atoms with van der Waals surface area (Å²) in [5.41, 5.74) is 0.126. The zero-order chi connectivity index (χ0) is 9.69. The second-order valence-electron chi connectivity index (χ2n) is 4.83. The normalized spacial score (nSPS) is 44.3. The first-order valence-electron chi connectivity index (χ1n) is 5.02. The maximum Gasteiger partial charge on any atom is 0.391 e. The number of halogens is 3. The molecule has 0 aromatic carbocycles. The van der Waals surface area contributed by atoms with Gasteiger partial charge in [0.05, 0.1) is 5.92 Å². The first kappa shape index (κ1) is 9.35. The maximum atomic E-state index is 12.2. The van der Waals surface area contributed by atoms with Gasteiger partial charge in [-0.1, -0.05) is 13.3 Å². The van der Waals surface area contributed by atoms with E-state index in [1.807, 2.05) is 0 Å². The maximum absolute atomic E-state index is 12.2. The van der Waals surface area contributed by atoms with Crippen molar-refractivity contribution < 1.29 is 13.2 Å². The Bertz CT molecular complexity index is 193. The SMILES string of the molecule is CCC1CC2(C1)CC(C(F)(F)F)C2. The van der Waals surface area contributed by atoms with E-state index in [1.165, 1.54) is 0 Å². The summed E-state index contributed by atoms with van der Waals surface area (Å²) in [6.45, 7) is 2.12. The average molecular weight is 192 g/mol. The fourth-order valence-electron chi connectivity index (χ4n) is 3.00. The Kier molecular flexibility index (Phi) is 1.90. The van der Waals surface area contributed by atoms with E-state index in [2.05, 4.69) is 6.92 Å². The summed E-state index contributed by atoms with van der Waals surface area (Å²) in [5.74, 6) is -0.264. The van der Waals surface area contributed by atoms with Crippen LogP contribution in [-0.4, -0.2) is 6.18 Å². The Hall–Kier alpha value is -0.210. The summed E-state index contributed by atoms with van der Waals surface area (Å²) in [4.78, 5) is 0. The van der Waals surface area contributed by atoms with Gasteiger partial charge < -0.3 is 0 Å². The minimum atomic E-state index is -3.93. The van der Waals surface area contributed by atoms with Crippen molar-refractivity contribution in [3.63, 3.8) is 0 Å². The van der Waals surface area contributed by atoms with Crippen molar-refractivity contribution in [2.75, 3.05) is 0 Å². The summed E-state index contributed by atoms with van der Waals surface area (Å²) >= 11 is 0. The second-order valence-corrected chi connectivity index (χ2v) is 4.83. The Labute approximate surface area is 76.5 Å². The lowest BCUT2D eigenvalue weighted by atomic mass is 9.47. The zero-order valence-electron chi connectivity index (χ0n) is 7.82. The molecule has 0 N–H and O–H groups in total. The largest absolute Gasteiger partial charge is 0.391 e. The van der Waals surface area contributed by atoms with Gasteiger partial charge in [-0.05, 0) is 37.0 Å². The van der Waals surface area contributed by atoms with Crippen LogP contribution in [0.3, 0.4) is 0 Å². The van der Waals surface area contributed by atoms with Crippen LogP contribution in [0, 0.1) is 17.3 Å². The number of alkyl halides is 3. The molecule has 0 radical (unpaired) electrons. The van der Waals surface area contributed by atoms with Gasteiger partial charge in [-0.25, -0.2) is 0 Å². The van der Waals surface area contributed by atoms with Gasteiger partial charge in [0.15, 0.2) is 0 Å². The van der Waals surface area contributed by atoms with E-state index in [0.29, 0.717) is 18.8 Å². The van der Waals surface area contributed by atoms with E-state index in [-0.39, 0.29) is 5.41 Å². The van der Waals surface area contributed by atoms with E-state index in [0.717, 1.165) is 19.3 Å². The van der Waals surface area contributed by atoms with Crippen molar-refractivity contribution in [2.45, 2.75) is 45.2 Å². The summed E-state index contributed by atoms with van der Waals surface area (Å²) in [6.07, 6.45) is 0.132. The molecule has 0 bridgehead atoms. The van der Waals surface area contributed by atoms with E-state index in [9.17, 15) is 13.2 Å². The van der Waals surface area contributed by atoms with Gasteiger partial charge in [0, 0.05) is 0 Å². The lowest BCUT2D eigenvalue weighted by Gasteiger charge is -2.58. The minimum absolute atomic E-state index is 0.126. The Morgan fingerprint density at radius 2 is 1.69 bits per heavy atom. The molecule has 0 atom stereocenters. The molecular weight excluding hydrogens is 177 g/mol. The average Bonchev–Trinajstić information content (AvgIpc) is 1.78. The monoisotopic (exact) mass is 192 g/mol. The van der Waals surface area contributed by atoms with Crippen LogP contribution in [0.15, 0.2) is 0 Å². The highest BCUT2D eigenvalue weighted by atomic mass is 19.4. The molecule has 0 unspecified atom stereocenters. The quantitative estimate of drug-likeness (QED) is 0.593. The van der Waals surface area contributed by atoms with Crippen molar-refractivity contribution >= 4 is 0 Å². The van der Waals surface area contributed by atoms with Crippen LogP contribution in [0.5, 0.6) is 0 Å². The third-order valence-electron chi connectivity index (χ3n) is 3.84. The van der Waals surface area contributed by atoms with Gasteiger partial charge in [0.1, 0.15) is 0 Å². The van der Waals surface area contributed by atoms with Crippen molar-refractivity contribution in [1.29, 1.82) is 0 Å². The molecule has 2 rings (SSSR count).